The van der Waals surface area contributed by atoms with Crippen LogP contribution in [0.5, 0.6) is 0 Å². The molecule has 150 valence electrons. The molecule has 4 nitrogen and oxygen atoms in total. The SMILES string of the molecule is COCCC(=O)NC1CCN(CC2(c3ccc(C)cc3)CCCCC2)CC1. The lowest BCUT2D eigenvalue weighted by molar-refractivity contribution is -0.123. The first-order valence-corrected chi connectivity index (χ1v) is 10.7. The number of benzene rings is 1. The van der Waals surface area contributed by atoms with Crippen LogP contribution in [0.3, 0.4) is 0 Å². The van der Waals surface area contributed by atoms with E-state index < -0.39 is 0 Å². The van der Waals surface area contributed by atoms with Crippen molar-refractivity contribution >= 4 is 5.91 Å². The van der Waals surface area contributed by atoms with Crippen molar-refractivity contribution in [2.24, 2.45) is 0 Å². The number of hydrogen-bond acceptors (Lipinski definition) is 3. The highest BCUT2D eigenvalue weighted by molar-refractivity contribution is 5.76. The number of aryl methyl sites for hydroxylation is 1. The van der Waals surface area contributed by atoms with Crippen LogP contribution >= 0.6 is 0 Å². The number of hydrogen-bond donors (Lipinski definition) is 1. The topological polar surface area (TPSA) is 41.6 Å². The number of methoxy groups -OCH3 is 1. The maximum absolute atomic E-state index is 11.9. The summed E-state index contributed by atoms with van der Waals surface area (Å²) >= 11 is 0. The summed E-state index contributed by atoms with van der Waals surface area (Å²) in [7, 11) is 1.64. The summed E-state index contributed by atoms with van der Waals surface area (Å²) in [5.41, 5.74) is 3.19. The van der Waals surface area contributed by atoms with Gasteiger partial charge in [-0.3, -0.25) is 4.79 Å². The van der Waals surface area contributed by atoms with Crippen LogP contribution < -0.4 is 5.32 Å². The fourth-order valence-corrected chi connectivity index (χ4v) is 4.83. The van der Waals surface area contributed by atoms with Crippen molar-refractivity contribution < 1.29 is 9.53 Å². The van der Waals surface area contributed by atoms with Gasteiger partial charge in [-0.05, 0) is 38.2 Å². The molecule has 0 atom stereocenters. The van der Waals surface area contributed by atoms with Gasteiger partial charge >= 0.3 is 0 Å². The molecule has 1 aromatic rings. The van der Waals surface area contributed by atoms with Gasteiger partial charge in [0.1, 0.15) is 0 Å². The molecule has 27 heavy (non-hydrogen) atoms. The van der Waals surface area contributed by atoms with Gasteiger partial charge in [0.05, 0.1) is 6.61 Å². The molecular weight excluding hydrogens is 336 g/mol. The highest BCUT2D eigenvalue weighted by Gasteiger charge is 2.36. The Hall–Kier alpha value is -1.39. The summed E-state index contributed by atoms with van der Waals surface area (Å²) in [6.45, 7) is 6.01. The Morgan fingerprint density at radius 2 is 1.81 bits per heavy atom. The van der Waals surface area contributed by atoms with Gasteiger partial charge in [0.15, 0.2) is 0 Å². The Balaban J connectivity index is 1.56. The molecular formula is C23H36N2O2. The van der Waals surface area contributed by atoms with Gasteiger partial charge in [0.2, 0.25) is 5.91 Å². The first-order valence-electron chi connectivity index (χ1n) is 10.7. The van der Waals surface area contributed by atoms with E-state index in [1.54, 1.807) is 7.11 Å². The van der Waals surface area contributed by atoms with Crippen molar-refractivity contribution in [2.45, 2.75) is 69.7 Å². The third kappa shape index (κ3) is 5.55. The number of ether oxygens (including phenoxy) is 1. The Kier molecular flexibility index (Phi) is 7.31. The summed E-state index contributed by atoms with van der Waals surface area (Å²) in [4.78, 5) is 14.6. The van der Waals surface area contributed by atoms with Crippen LogP contribution in [-0.2, 0) is 14.9 Å². The zero-order valence-corrected chi connectivity index (χ0v) is 17.1. The monoisotopic (exact) mass is 372 g/mol. The average Bonchev–Trinajstić information content (AvgIpc) is 2.69. The summed E-state index contributed by atoms with van der Waals surface area (Å²) in [5, 5.41) is 3.18. The van der Waals surface area contributed by atoms with Crippen molar-refractivity contribution in [1.29, 1.82) is 0 Å². The average molecular weight is 373 g/mol. The van der Waals surface area contributed by atoms with Crippen LogP contribution in [0.2, 0.25) is 0 Å². The van der Waals surface area contributed by atoms with E-state index in [1.165, 1.54) is 49.8 Å². The number of nitrogens with zero attached hydrogens (tertiary/aromatic N) is 1. The molecule has 0 spiro atoms. The quantitative estimate of drug-likeness (QED) is 0.791. The zero-order valence-electron chi connectivity index (χ0n) is 17.1. The maximum Gasteiger partial charge on any atom is 0.222 e. The summed E-state index contributed by atoms with van der Waals surface area (Å²) in [6, 6.07) is 9.60. The first kappa shape index (κ1) is 20.3. The molecule has 0 aromatic heterocycles. The minimum atomic E-state index is 0.124. The molecule has 2 fully saturated rings. The summed E-state index contributed by atoms with van der Waals surface area (Å²) < 4.78 is 4.99. The number of rotatable bonds is 7. The number of amides is 1. The third-order valence-corrected chi connectivity index (χ3v) is 6.49. The molecule has 1 aromatic carbocycles. The van der Waals surface area contributed by atoms with E-state index in [2.05, 4.69) is 41.4 Å². The molecule has 4 heteroatoms. The van der Waals surface area contributed by atoms with Crippen LogP contribution in [0.25, 0.3) is 0 Å². The van der Waals surface area contributed by atoms with Gasteiger partial charge in [0.25, 0.3) is 0 Å². The molecule has 1 saturated heterocycles. The highest BCUT2D eigenvalue weighted by Crippen LogP contribution is 2.40. The smallest absolute Gasteiger partial charge is 0.222 e. The van der Waals surface area contributed by atoms with E-state index in [1.807, 2.05) is 0 Å². The van der Waals surface area contributed by atoms with Crippen molar-refractivity contribution in [1.82, 2.24) is 10.2 Å². The maximum atomic E-state index is 11.9. The molecule has 3 rings (SSSR count). The lowest BCUT2D eigenvalue weighted by Gasteiger charge is -2.44. The summed E-state index contributed by atoms with van der Waals surface area (Å²) in [6.07, 6.45) is 9.27. The zero-order chi connectivity index (χ0) is 19.1. The Labute approximate surface area is 164 Å². The molecule has 1 amide bonds. The molecule has 1 heterocycles. The lowest BCUT2D eigenvalue weighted by atomic mass is 9.69. The van der Waals surface area contributed by atoms with Gasteiger partial charge in [-0.2, -0.15) is 0 Å². The van der Waals surface area contributed by atoms with E-state index in [-0.39, 0.29) is 5.91 Å². The van der Waals surface area contributed by atoms with Gasteiger partial charge in [-0.15, -0.1) is 0 Å². The largest absolute Gasteiger partial charge is 0.384 e. The van der Waals surface area contributed by atoms with Crippen LogP contribution in [0.4, 0.5) is 0 Å². The van der Waals surface area contributed by atoms with Crippen molar-refractivity contribution in [2.75, 3.05) is 33.4 Å². The van der Waals surface area contributed by atoms with Crippen LogP contribution in [-0.4, -0.2) is 50.2 Å². The van der Waals surface area contributed by atoms with E-state index >= 15 is 0 Å². The molecule has 1 N–H and O–H groups in total. The van der Waals surface area contributed by atoms with Gasteiger partial charge in [0, 0.05) is 44.6 Å². The standard InChI is InChI=1S/C23H36N2O2/c1-19-6-8-20(9-7-19)23(13-4-3-5-14-23)18-25-15-10-21(11-16-25)24-22(26)12-17-27-2/h6-9,21H,3-5,10-18H2,1-2H3,(H,24,26). The van der Waals surface area contributed by atoms with Crippen LogP contribution in [0, 0.1) is 6.92 Å². The number of piperidine rings is 1. The minimum absolute atomic E-state index is 0.124. The number of carbonyl (C=O) groups excluding carboxylic acids is 1. The number of nitrogens with one attached hydrogen (secondary N) is 1. The fourth-order valence-electron chi connectivity index (χ4n) is 4.83. The van der Waals surface area contributed by atoms with E-state index in [0.717, 1.165) is 25.9 Å². The molecule has 2 aliphatic rings. The molecule has 1 aliphatic carbocycles. The highest BCUT2D eigenvalue weighted by atomic mass is 16.5. The van der Waals surface area contributed by atoms with Crippen molar-refractivity contribution in [3.05, 3.63) is 35.4 Å². The first-order chi connectivity index (χ1) is 13.1. The molecule has 0 radical (unpaired) electrons. The lowest BCUT2D eigenvalue weighted by Crippen LogP contribution is -2.49. The second kappa shape index (κ2) is 9.70. The molecule has 1 aliphatic heterocycles. The van der Waals surface area contributed by atoms with Gasteiger partial charge < -0.3 is 15.0 Å². The predicted molar refractivity (Wildman–Crippen MR) is 110 cm³/mol. The third-order valence-electron chi connectivity index (χ3n) is 6.49. The minimum Gasteiger partial charge on any atom is -0.384 e. The number of carbonyl (C=O) groups is 1. The second-order valence-corrected chi connectivity index (χ2v) is 8.57. The normalized spacial score (nSPS) is 21.1. The predicted octanol–water partition coefficient (Wildman–Crippen LogP) is 3.81. The van der Waals surface area contributed by atoms with Crippen molar-refractivity contribution in [3.63, 3.8) is 0 Å². The van der Waals surface area contributed by atoms with Gasteiger partial charge in [-0.25, -0.2) is 0 Å². The van der Waals surface area contributed by atoms with Gasteiger partial charge in [-0.1, -0.05) is 49.1 Å². The van der Waals surface area contributed by atoms with Crippen LogP contribution in [0.1, 0.15) is 62.5 Å². The Bertz CT molecular complexity index is 585. The Morgan fingerprint density at radius 1 is 1.15 bits per heavy atom. The fraction of sp³-hybridized carbons (Fsp3) is 0.696. The van der Waals surface area contributed by atoms with E-state index in [4.69, 9.17) is 4.74 Å². The van der Waals surface area contributed by atoms with E-state index in [9.17, 15) is 4.79 Å². The van der Waals surface area contributed by atoms with Crippen LogP contribution in [0.15, 0.2) is 24.3 Å². The molecule has 0 unspecified atom stereocenters. The number of likely N-dealkylation sites (tertiary alicyclic amines) is 1. The second-order valence-electron chi connectivity index (χ2n) is 8.57. The molecule has 1 saturated carbocycles. The summed E-state index contributed by atoms with van der Waals surface area (Å²) in [5.74, 6) is 0.124. The van der Waals surface area contributed by atoms with E-state index in [0.29, 0.717) is 24.5 Å². The Morgan fingerprint density at radius 3 is 2.44 bits per heavy atom. The molecule has 0 bridgehead atoms. The van der Waals surface area contributed by atoms with Crippen molar-refractivity contribution in [3.8, 4) is 0 Å².